The van der Waals surface area contributed by atoms with E-state index >= 15 is 0 Å². The second-order valence-corrected chi connectivity index (χ2v) is 4.25. The third kappa shape index (κ3) is 3.71. The van der Waals surface area contributed by atoms with Gasteiger partial charge in [-0.05, 0) is 31.5 Å². The van der Waals surface area contributed by atoms with E-state index in [2.05, 4.69) is 0 Å². The highest BCUT2D eigenvalue weighted by Crippen LogP contribution is 2.19. The standard InChI is InChI=1S/C12H16FNO3/c1-8-3-4-9(13)10(7-8)17-6-5-12(2,14)11(15)16/h3-4,7H,5-6,14H2,1-2H3,(H,15,16). The Kier molecular flexibility index (Phi) is 4.07. The van der Waals surface area contributed by atoms with Gasteiger partial charge >= 0.3 is 5.97 Å². The van der Waals surface area contributed by atoms with Crippen LogP contribution in [0.2, 0.25) is 0 Å². The lowest BCUT2D eigenvalue weighted by molar-refractivity contribution is -0.143. The van der Waals surface area contributed by atoms with Crippen LogP contribution in [0.1, 0.15) is 18.9 Å². The minimum atomic E-state index is -1.36. The summed E-state index contributed by atoms with van der Waals surface area (Å²) in [7, 11) is 0. The Balaban J connectivity index is 2.57. The molecule has 1 atom stereocenters. The van der Waals surface area contributed by atoms with E-state index in [9.17, 15) is 9.18 Å². The summed E-state index contributed by atoms with van der Waals surface area (Å²) < 4.78 is 18.5. The first-order valence-corrected chi connectivity index (χ1v) is 5.24. The highest BCUT2D eigenvalue weighted by Gasteiger charge is 2.27. The fraction of sp³-hybridized carbons (Fsp3) is 0.417. The first-order valence-electron chi connectivity index (χ1n) is 5.24. The first kappa shape index (κ1) is 13.4. The Labute approximate surface area is 99.2 Å². The van der Waals surface area contributed by atoms with Gasteiger partial charge < -0.3 is 15.6 Å². The average Bonchev–Trinajstić information content (AvgIpc) is 2.22. The lowest BCUT2D eigenvalue weighted by atomic mass is 10.0. The Bertz CT molecular complexity index is 418. The predicted octanol–water partition coefficient (Wildman–Crippen LogP) is 1.71. The number of carboxylic acids is 1. The van der Waals surface area contributed by atoms with Gasteiger partial charge in [-0.15, -0.1) is 0 Å². The van der Waals surface area contributed by atoms with Crippen molar-refractivity contribution in [2.45, 2.75) is 25.8 Å². The second kappa shape index (κ2) is 5.14. The van der Waals surface area contributed by atoms with Crippen LogP contribution in [0.15, 0.2) is 18.2 Å². The van der Waals surface area contributed by atoms with E-state index in [-0.39, 0.29) is 18.8 Å². The van der Waals surface area contributed by atoms with Crippen LogP contribution in [0.3, 0.4) is 0 Å². The number of aliphatic carboxylic acids is 1. The number of aryl methyl sites for hydroxylation is 1. The normalized spacial score (nSPS) is 14.1. The van der Waals surface area contributed by atoms with Crippen molar-refractivity contribution in [1.82, 2.24) is 0 Å². The first-order chi connectivity index (χ1) is 7.83. The number of hydrogen-bond acceptors (Lipinski definition) is 3. The largest absolute Gasteiger partial charge is 0.490 e. The zero-order chi connectivity index (χ0) is 13.1. The van der Waals surface area contributed by atoms with Crippen molar-refractivity contribution in [3.63, 3.8) is 0 Å². The van der Waals surface area contributed by atoms with Crippen molar-refractivity contribution in [3.05, 3.63) is 29.6 Å². The van der Waals surface area contributed by atoms with Gasteiger partial charge in [0.25, 0.3) is 0 Å². The molecule has 1 aromatic carbocycles. The molecule has 4 nitrogen and oxygen atoms in total. The molecule has 0 radical (unpaired) electrons. The molecule has 5 heteroatoms. The van der Waals surface area contributed by atoms with E-state index in [1.165, 1.54) is 13.0 Å². The van der Waals surface area contributed by atoms with Crippen molar-refractivity contribution < 1.29 is 19.0 Å². The Morgan fingerprint density at radius 3 is 2.82 bits per heavy atom. The number of benzene rings is 1. The zero-order valence-corrected chi connectivity index (χ0v) is 9.87. The number of carboxylic acid groups (broad SMARTS) is 1. The fourth-order valence-corrected chi connectivity index (χ4v) is 1.20. The average molecular weight is 241 g/mol. The zero-order valence-electron chi connectivity index (χ0n) is 9.87. The molecule has 0 saturated heterocycles. The van der Waals surface area contributed by atoms with Crippen molar-refractivity contribution in [2.75, 3.05) is 6.61 Å². The van der Waals surface area contributed by atoms with Gasteiger partial charge in [0.05, 0.1) is 6.61 Å². The summed E-state index contributed by atoms with van der Waals surface area (Å²) in [4.78, 5) is 10.7. The van der Waals surface area contributed by atoms with Crippen LogP contribution in [-0.2, 0) is 4.79 Å². The summed E-state index contributed by atoms with van der Waals surface area (Å²) in [5, 5.41) is 8.78. The van der Waals surface area contributed by atoms with Gasteiger partial charge in [-0.25, -0.2) is 4.39 Å². The molecule has 0 heterocycles. The molecule has 0 amide bonds. The Morgan fingerprint density at radius 2 is 2.24 bits per heavy atom. The molecule has 1 unspecified atom stereocenters. The molecule has 0 aliphatic rings. The van der Waals surface area contributed by atoms with Gasteiger partial charge in [-0.2, -0.15) is 0 Å². The molecule has 0 aromatic heterocycles. The summed E-state index contributed by atoms with van der Waals surface area (Å²) in [6, 6.07) is 4.50. The maximum Gasteiger partial charge on any atom is 0.323 e. The number of ether oxygens (including phenoxy) is 1. The predicted molar refractivity (Wildman–Crippen MR) is 61.5 cm³/mol. The summed E-state index contributed by atoms with van der Waals surface area (Å²) in [6.07, 6.45) is 0.107. The number of hydrogen-bond donors (Lipinski definition) is 2. The SMILES string of the molecule is Cc1ccc(F)c(OCCC(C)(N)C(=O)O)c1. The van der Waals surface area contributed by atoms with Crippen LogP contribution in [-0.4, -0.2) is 23.2 Å². The molecule has 1 rings (SSSR count). The van der Waals surface area contributed by atoms with Crippen LogP contribution >= 0.6 is 0 Å². The van der Waals surface area contributed by atoms with E-state index in [4.69, 9.17) is 15.6 Å². The quantitative estimate of drug-likeness (QED) is 0.823. The molecular weight excluding hydrogens is 225 g/mol. The van der Waals surface area contributed by atoms with E-state index in [1.807, 2.05) is 6.92 Å². The molecule has 17 heavy (non-hydrogen) atoms. The van der Waals surface area contributed by atoms with Gasteiger partial charge in [-0.1, -0.05) is 6.07 Å². The summed E-state index contributed by atoms with van der Waals surface area (Å²) in [6.45, 7) is 3.27. The van der Waals surface area contributed by atoms with E-state index in [0.29, 0.717) is 0 Å². The number of halogens is 1. The van der Waals surface area contributed by atoms with Gasteiger partial charge in [-0.3, -0.25) is 4.79 Å². The molecule has 0 fully saturated rings. The van der Waals surface area contributed by atoms with Gasteiger partial charge in [0.15, 0.2) is 11.6 Å². The van der Waals surface area contributed by atoms with Crippen LogP contribution < -0.4 is 10.5 Å². The van der Waals surface area contributed by atoms with Crippen LogP contribution in [0.25, 0.3) is 0 Å². The molecule has 0 saturated carbocycles. The number of carbonyl (C=O) groups is 1. The van der Waals surface area contributed by atoms with Gasteiger partial charge in [0.2, 0.25) is 0 Å². The van der Waals surface area contributed by atoms with Crippen molar-refractivity contribution >= 4 is 5.97 Å². The minimum Gasteiger partial charge on any atom is -0.490 e. The fourth-order valence-electron chi connectivity index (χ4n) is 1.20. The molecule has 0 bridgehead atoms. The molecule has 1 aromatic rings. The molecule has 0 aliphatic heterocycles. The monoisotopic (exact) mass is 241 g/mol. The van der Waals surface area contributed by atoms with Crippen molar-refractivity contribution in [1.29, 1.82) is 0 Å². The van der Waals surface area contributed by atoms with Gasteiger partial charge in [0, 0.05) is 6.42 Å². The molecule has 3 N–H and O–H groups in total. The number of nitrogens with two attached hydrogens (primary N) is 1. The highest BCUT2D eigenvalue weighted by atomic mass is 19.1. The van der Waals surface area contributed by atoms with E-state index in [0.717, 1.165) is 5.56 Å². The van der Waals surface area contributed by atoms with E-state index < -0.39 is 17.3 Å². The maximum atomic E-state index is 13.3. The number of rotatable bonds is 5. The Morgan fingerprint density at radius 1 is 1.59 bits per heavy atom. The highest BCUT2D eigenvalue weighted by molar-refractivity contribution is 5.77. The summed E-state index contributed by atoms with van der Waals surface area (Å²) in [5.74, 6) is -1.46. The lowest BCUT2D eigenvalue weighted by Gasteiger charge is -2.19. The lowest BCUT2D eigenvalue weighted by Crippen LogP contribution is -2.45. The van der Waals surface area contributed by atoms with Crippen molar-refractivity contribution in [2.24, 2.45) is 5.73 Å². The topological polar surface area (TPSA) is 72.5 Å². The summed E-state index contributed by atoms with van der Waals surface area (Å²) in [5.41, 5.74) is 5.03. The van der Waals surface area contributed by atoms with E-state index in [1.54, 1.807) is 12.1 Å². The summed E-state index contributed by atoms with van der Waals surface area (Å²) >= 11 is 0. The Hall–Kier alpha value is -1.62. The van der Waals surface area contributed by atoms with Crippen LogP contribution in [0, 0.1) is 12.7 Å². The smallest absolute Gasteiger partial charge is 0.323 e. The molecule has 94 valence electrons. The maximum absolute atomic E-state index is 13.3. The minimum absolute atomic E-state index is 0.0552. The molecule has 0 spiro atoms. The van der Waals surface area contributed by atoms with Crippen LogP contribution in [0.4, 0.5) is 4.39 Å². The molecule has 0 aliphatic carbocycles. The van der Waals surface area contributed by atoms with Crippen LogP contribution in [0.5, 0.6) is 5.75 Å². The van der Waals surface area contributed by atoms with Crippen molar-refractivity contribution in [3.8, 4) is 5.75 Å². The third-order valence-electron chi connectivity index (χ3n) is 2.45. The van der Waals surface area contributed by atoms with Gasteiger partial charge in [0.1, 0.15) is 5.54 Å². The third-order valence-corrected chi connectivity index (χ3v) is 2.45. The molecular formula is C12H16FNO3. The second-order valence-electron chi connectivity index (χ2n) is 4.25.